The summed E-state index contributed by atoms with van der Waals surface area (Å²) in [4.78, 5) is 28.3. The molecule has 0 saturated heterocycles. The predicted molar refractivity (Wildman–Crippen MR) is 48.5 cm³/mol. The van der Waals surface area contributed by atoms with Gasteiger partial charge in [0.25, 0.3) is 5.34 Å². The van der Waals surface area contributed by atoms with Gasteiger partial charge in [0.1, 0.15) is 0 Å². The van der Waals surface area contributed by atoms with Gasteiger partial charge in [-0.1, -0.05) is 13.3 Å². The van der Waals surface area contributed by atoms with Crippen LogP contribution in [0.2, 0.25) is 0 Å². The molecule has 0 aromatic carbocycles. The first kappa shape index (κ1) is 13.6. The van der Waals surface area contributed by atoms with E-state index in [1.54, 1.807) is 0 Å². The van der Waals surface area contributed by atoms with Crippen molar-refractivity contribution < 1.29 is 29.0 Å². The summed E-state index contributed by atoms with van der Waals surface area (Å²) in [7, 11) is -4.89. The zero-order valence-electron chi connectivity index (χ0n) is 8.13. The second-order valence-corrected chi connectivity index (χ2v) is 5.01. The van der Waals surface area contributed by atoms with Gasteiger partial charge in [0.15, 0.2) is 0 Å². The summed E-state index contributed by atoms with van der Waals surface area (Å²) in [6.45, 7) is 2.66. The fourth-order valence-electron chi connectivity index (χ4n) is 0.565. The quantitative estimate of drug-likeness (QED) is 0.352. The van der Waals surface area contributed by atoms with Gasteiger partial charge in [-0.15, -0.1) is 0 Å². The summed E-state index contributed by atoms with van der Waals surface area (Å²) in [6, 6.07) is 0. The van der Waals surface area contributed by atoms with E-state index in [2.05, 4.69) is 4.74 Å². The van der Waals surface area contributed by atoms with Crippen molar-refractivity contribution in [3.8, 4) is 0 Å². The van der Waals surface area contributed by atoms with Gasteiger partial charge >= 0.3 is 13.6 Å². The number of aliphatic hydroxyl groups is 1. The van der Waals surface area contributed by atoms with E-state index in [-0.39, 0.29) is 6.61 Å². The van der Waals surface area contributed by atoms with Gasteiger partial charge in [-0.2, -0.15) is 0 Å². The monoisotopic (exact) mass is 226 g/mol. The Hall–Kier alpha value is -0.420. The highest BCUT2D eigenvalue weighted by molar-refractivity contribution is 7.54. The van der Waals surface area contributed by atoms with E-state index in [1.165, 1.54) is 0 Å². The first-order chi connectivity index (χ1) is 6.23. The van der Waals surface area contributed by atoms with Gasteiger partial charge in [-0.05, 0) is 13.3 Å². The van der Waals surface area contributed by atoms with Gasteiger partial charge in [0.05, 0.1) is 6.61 Å². The van der Waals surface area contributed by atoms with E-state index in [4.69, 9.17) is 9.79 Å². The van der Waals surface area contributed by atoms with E-state index in [0.717, 1.165) is 13.3 Å². The average molecular weight is 226 g/mol. The molecular formula is C7H15O6P. The number of carbonyl (C=O) groups is 1. The number of ether oxygens (including phenoxy) is 1. The summed E-state index contributed by atoms with van der Waals surface area (Å²) in [5.74, 6) is -1.29. The lowest BCUT2D eigenvalue weighted by molar-refractivity contribution is -0.157. The van der Waals surface area contributed by atoms with Crippen LogP contribution in [-0.2, 0) is 14.1 Å². The SMILES string of the molecule is CCCCOC(=O)C(C)(O)P(=O)(O)O. The largest absolute Gasteiger partial charge is 0.463 e. The molecule has 0 aliphatic rings. The predicted octanol–water partition coefficient (Wildman–Crippen LogP) is 0.216. The molecule has 7 heteroatoms. The molecule has 3 N–H and O–H groups in total. The zero-order valence-corrected chi connectivity index (χ0v) is 9.03. The van der Waals surface area contributed by atoms with Crippen LogP contribution >= 0.6 is 7.60 Å². The first-order valence-electron chi connectivity index (χ1n) is 4.18. The minimum Gasteiger partial charge on any atom is -0.463 e. The van der Waals surface area contributed by atoms with E-state index in [9.17, 15) is 14.5 Å². The van der Waals surface area contributed by atoms with Crippen molar-refractivity contribution >= 4 is 13.6 Å². The van der Waals surface area contributed by atoms with Crippen LogP contribution in [-0.4, -0.2) is 32.8 Å². The molecule has 1 unspecified atom stereocenters. The first-order valence-corrected chi connectivity index (χ1v) is 5.80. The van der Waals surface area contributed by atoms with Crippen LogP contribution in [0.5, 0.6) is 0 Å². The molecular weight excluding hydrogens is 211 g/mol. The molecule has 6 nitrogen and oxygen atoms in total. The molecule has 0 aliphatic heterocycles. The standard InChI is InChI=1S/C7H15O6P/c1-3-4-5-13-6(8)7(2,9)14(10,11)12/h9H,3-5H2,1-2H3,(H2,10,11,12). The molecule has 84 valence electrons. The van der Waals surface area contributed by atoms with Gasteiger partial charge in [0, 0.05) is 0 Å². The Morgan fingerprint density at radius 3 is 2.36 bits per heavy atom. The summed E-state index contributed by atoms with van der Waals surface area (Å²) in [5.41, 5.74) is 0. The normalized spacial score (nSPS) is 16.1. The van der Waals surface area contributed by atoms with Crippen LogP contribution in [0.3, 0.4) is 0 Å². The molecule has 0 aromatic heterocycles. The van der Waals surface area contributed by atoms with Crippen molar-refractivity contribution in [2.24, 2.45) is 0 Å². The Morgan fingerprint density at radius 2 is 2.00 bits per heavy atom. The maximum atomic E-state index is 11.0. The lowest BCUT2D eigenvalue weighted by Crippen LogP contribution is -2.36. The van der Waals surface area contributed by atoms with Gasteiger partial charge < -0.3 is 19.6 Å². The van der Waals surface area contributed by atoms with E-state index < -0.39 is 18.9 Å². The Bertz CT molecular complexity index is 243. The Balaban J connectivity index is 4.31. The molecule has 0 heterocycles. The highest BCUT2D eigenvalue weighted by Gasteiger charge is 2.49. The van der Waals surface area contributed by atoms with Crippen molar-refractivity contribution in [2.75, 3.05) is 6.61 Å². The van der Waals surface area contributed by atoms with Crippen molar-refractivity contribution in [1.29, 1.82) is 0 Å². The van der Waals surface area contributed by atoms with Crippen molar-refractivity contribution in [3.05, 3.63) is 0 Å². The Labute approximate surface area is 82.0 Å². The number of esters is 1. The highest BCUT2D eigenvalue weighted by Crippen LogP contribution is 2.48. The second-order valence-electron chi connectivity index (χ2n) is 3.05. The van der Waals surface area contributed by atoms with Crippen LogP contribution in [0.1, 0.15) is 26.7 Å². The molecule has 14 heavy (non-hydrogen) atoms. The summed E-state index contributed by atoms with van der Waals surface area (Å²) in [6.07, 6.45) is 1.37. The minimum atomic E-state index is -4.89. The molecule has 0 rings (SSSR count). The fourth-order valence-corrected chi connectivity index (χ4v) is 0.867. The van der Waals surface area contributed by atoms with Crippen LogP contribution < -0.4 is 0 Å². The smallest absolute Gasteiger partial charge is 0.368 e. The highest BCUT2D eigenvalue weighted by atomic mass is 31.2. The molecule has 0 radical (unpaired) electrons. The molecule has 0 fully saturated rings. The summed E-state index contributed by atoms with van der Waals surface area (Å²) < 4.78 is 15.2. The lowest BCUT2D eigenvalue weighted by atomic mass is 10.3. The van der Waals surface area contributed by atoms with Gasteiger partial charge in [-0.3, -0.25) is 4.57 Å². The van der Waals surface area contributed by atoms with Gasteiger partial charge in [-0.25, -0.2) is 4.79 Å². The third-order valence-corrected chi connectivity index (χ3v) is 3.00. The third-order valence-electron chi connectivity index (χ3n) is 1.68. The van der Waals surface area contributed by atoms with Crippen LogP contribution in [0, 0.1) is 0 Å². The maximum Gasteiger partial charge on any atom is 0.368 e. The molecule has 0 saturated carbocycles. The summed E-state index contributed by atoms with van der Waals surface area (Å²) >= 11 is 0. The van der Waals surface area contributed by atoms with Gasteiger partial charge in [0.2, 0.25) is 0 Å². The number of unbranched alkanes of at least 4 members (excludes halogenated alkanes) is 1. The van der Waals surface area contributed by atoms with E-state index in [0.29, 0.717) is 6.42 Å². The van der Waals surface area contributed by atoms with Crippen molar-refractivity contribution in [3.63, 3.8) is 0 Å². The molecule has 0 aromatic rings. The lowest BCUT2D eigenvalue weighted by Gasteiger charge is -2.21. The van der Waals surface area contributed by atoms with E-state index in [1.807, 2.05) is 6.92 Å². The van der Waals surface area contributed by atoms with Crippen molar-refractivity contribution in [2.45, 2.75) is 32.0 Å². The zero-order chi connectivity index (χ0) is 11.4. The fraction of sp³-hybridized carbons (Fsp3) is 0.857. The van der Waals surface area contributed by atoms with Crippen LogP contribution in [0.25, 0.3) is 0 Å². The minimum absolute atomic E-state index is 0.0471. The van der Waals surface area contributed by atoms with Crippen LogP contribution in [0.15, 0.2) is 0 Å². The number of hydrogen-bond donors (Lipinski definition) is 3. The number of rotatable bonds is 5. The Kier molecular flexibility index (Phi) is 4.74. The Morgan fingerprint density at radius 1 is 1.50 bits per heavy atom. The molecule has 0 bridgehead atoms. The van der Waals surface area contributed by atoms with E-state index >= 15 is 0 Å². The molecule has 0 amide bonds. The molecule has 1 atom stereocenters. The van der Waals surface area contributed by atoms with Crippen molar-refractivity contribution in [1.82, 2.24) is 0 Å². The topological polar surface area (TPSA) is 104 Å². The third kappa shape index (κ3) is 3.38. The number of hydrogen-bond acceptors (Lipinski definition) is 4. The molecule has 0 aliphatic carbocycles. The maximum absolute atomic E-state index is 11.0. The van der Waals surface area contributed by atoms with Crippen LogP contribution in [0.4, 0.5) is 0 Å². The number of carbonyl (C=O) groups excluding carboxylic acids is 1. The summed E-state index contributed by atoms with van der Waals surface area (Å²) in [5, 5.41) is 6.43. The molecule has 0 spiro atoms. The second kappa shape index (κ2) is 4.89. The average Bonchev–Trinajstić information content (AvgIpc) is 2.02.